The number of methoxy groups -OCH3 is 1. The van der Waals surface area contributed by atoms with E-state index in [1.54, 1.807) is 38.1 Å². The fourth-order valence-corrected chi connectivity index (χ4v) is 1.93. The zero-order chi connectivity index (χ0) is 15.3. The average molecular weight is 278 g/mol. The summed E-state index contributed by atoms with van der Waals surface area (Å²) >= 11 is 0. The predicted molar refractivity (Wildman–Crippen MR) is 76.9 cm³/mol. The highest BCUT2D eigenvalue weighted by atomic mass is 16.5. The Bertz CT molecular complexity index is 489. The molecule has 0 fully saturated rings. The van der Waals surface area contributed by atoms with Gasteiger partial charge in [-0.05, 0) is 32.0 Å². The first-order valence-corrected chi connectivity index (χ1v) is 6.63. The lowest BCUT2D eigenvalue weighted by Crippen LogP contribution is -2.34. The van der Waals surface area contributed by atoms with Crippen LogP contribution in [0, 0.1) is 11.3 Å². The lowest BCUT2D eigenvalue weighted by atomic mass is 9.83. The Labute approximate surface area is 120 Å². The molecule has 0 amide bonds. The molecule has 0 radical (unpaired) electrons. The molecule has 0 aliphatic heterocycles. The first-order valence-electron chi connectivity index (χ1n) is 6.63. The number of hydrogen-bond acceptors (Lipinski definition) is 4. The van der Waals surface area contributed by atoms with Crippen LogP contribution in [0.4, 0.5) is 0 Å². The van der Waals surface area contributed by atoms with Crippen molar-refractivity contribution < 1.29 is 19.1 Å². The van der Waals surface area contributed by atoms with Crippen LogP contribution in [0.1, 0.15) is 38.1 Å². The summed E-state index contributed by atoms with van der Waals surface area (Å²) in [6.07, 6.45) is 0. The molecule has 0 aromatic heterocycles. The number of hydrogen-bond donors (Lipinski definition) is 0. The third-order valence-electron chi connectivity index (χ3n) is 3.06. The van der Waals surface area contributed by atoms with E-state index in [0.717, 1.165) is 0 Å². The second-order valence-electron chi connectivity index (χ2n) is 5.71. The van der Waals surface area contributed by atoms with E-state index in [4.69, 9.17) is 9.47 Å². The molecule has 0 heterocycles. The number of ether oxygens (including phenoxy) is 2. The van der Waals surface area contributed by atoms with Gasteiger partial charge in [0.1, 0.15) is 18.1 Å². The van der Waals surface area contributed by atoms with Crippen LogP contribution in [-0.2, 0) is 9.53 Å². The average Bonchev–Trinajstić information content (AvgIpc) is 2.43. The van der Waals surface area contributed by atoms with Gasteiger partial charge in [0.15, 0.2) is 0 Å². The standard InChI is InChI=1S/C16H22O4/c1-11(2)14(17)16(3,4)10-20-15(18)12-7-6-8-13(9-12)19-5/h6-9,11H,10H2,1-5H3. The smallest absolute Gasteiger partial charge is 0.338 e. The van der Waals surface area contributed by atoms with Crippen LogP contribution in [0.3, 0.4) is 0 Å². The van der Waals surface area contributed by atoms with Crippen LogP contribution < -0.4 is 4.74 Å². The number of ketones is 1. The minimum absolute atomic E-state index is 0.0695. The van der Waals surface area contributed by atoms with E-state index in [1.165, 1.54) is 7.11 Å². The van der Waals surface area contributed by atoms with Crippen molar-refractivity contribution in [2.24, 2.45) is 11.3 Å². The highest BCUT2D eigenvalue weighted by Crippen LogP contribution is 2.22. The maximum Gasteiger partial charge on any atom is 0.338 e. The molecule has 0 spiro atoms. The van der Waals surface area contributed by atoms with E-state index >= 15 is 0 Å². The molecule has 0 bridgehead atoms. The fraction of sp³-hybridized carbons (Fsp3) is 0.500. The molecule has 1 rings (SSSR count). The molecule has 0 unspecified atom stereocenters. The van der Waals surface area contributed by atoms with Gasteiger partial charge < -0.3 is 9.47 Å². The number of rotatable bonds is 6. The monoisotopic (exact) mass is 278 g/mol. The number of carbonyl (C=O) groups excluding carboxylic acids is 2. The highest BCUT2D eigenvalue weighted by Gasteiger charge is 2.31. The molecule has 0 atom stereocenters. The van der Waals surface area contributed by atoms with Gasteiger partial charge in [0.25, 0.3) is 0 Å². The fourth-order valence-electron chi connectivity index (χ4n) is 1.93. The molecule has 1 aromatic carbocycles. The first-order chi connectivity index (χ1) is 9.27. The molecular weight excluding hydrogens is 256 g/mol. The van der Waals surface area contributed by atoms with Crippen molar-refractivity contribution in [3.05, 3.63) is 29.8 Å². The molecular formula is C16H22O4. The lowest BCUT2D eigenvalue weighted by molar-refractivity contribution is -0.132. The van der Waals surface area contributed by atoms with Crippen LogP contribution >= 0.6 is 0 Å². The third-order valence-corrected chi connectivity index (χ3v) is 3.06. The SMILES string of the molecule is COc1cccc(C(=O)OCC(C)(C)C(=O)C(C)C)c1. The summed E-state index contributed by atoms with van der Waals surface area (Å²) in [5, 5.41) is 0. The zero-order valence-corrected chi connectivity index (χ0v) is 12.7. The Balaban J connectivity index is 2.69. The van der Waals surface area contributed by atoms with Crippen molar-refractivity contribution in [2.45, 2.75) is 27.7 Å². The van der Waals surface area contributed by atoms with E-state index in [0.29, 0.717) is 11.3 Å². The van der Waals surface area contributed by atoms with Crippen molar-refractivity contribution in [1.82, 2.24) is 0 Å². The van der Waals surface area contributed by atoms with Gasteiger partial charge in [-0.15, -0.1) is 0 Å². The number of benzene rings is 1. The topological polar surface area (TPSA) is 52.6 Å². The molecule has 0 aliphatic carbocycles. The van der Waals surface area contributed by atoms with E-state index in [1.807, 2.05) is 13.8 Å². The van der Waals surface area contributed by atoms with Crippen LogP contribution in [-0.4, -0.2) is 25.5 Å². The van der Waals surface area contributed by atoms with Gasteiger partial charge in [0.2, 0.25) is 0 Å². The minimum atomic E-state index is -0.678. The van der Waals surface area contributed by atoms with Crippen molar-refractivity contribution in [2.75, 3.05) is 13.7 Å². The molecule has 110 valence electrons. The number of Topliss-reactive ketones (excluding diaryl/α,β-unsaturated/α-hetero) is 1. The summed E-state index contributed by atoms with van der Waals surface area (Å²) in [4.78, 5) is 24.0. The number of esters is 1. The summed E-state index contributed by atoms with van der Waals surface area (Å²) < 4.78 is 10.3. The van der Waals surface area contributed by atoms with Gasteiger partial charge in [-0.1, -0.05) is 19.9 Å². The van der Waals surface area contributed by atoms with Crippen molar-refractivity contribution in [3.8, 4) is 5.75 Å². The van der Waals surface area contributed by atoms with Crippen molar-refractivity contribution >= 4 is 11.8 Å². The van der Waals surface area contributed by atoms with Gasteiger partial charge in [-0.3, -0.25) is 4.79 Å². The molecule has 20 heavy (non-hydrogen) atoms. The first kappa shape index (κ1) is 16.2. The second-order valence-corrected chi connectivity index (χ2v) is 5.71. The lowest BCUT2D eigenvalue weighted by Gasteiger charge is -2.24. The van der Waals surface area contributed by atoms with Gasteiger partial charge >= 0.3 is 5.97 Å². The summed E-state index contributed by atoms with van der Waals surface area (Å²) in [6.45, 7) is 7.32. The maximum absolute atomic E-state index is 12.0. The Kier molecular flexibility index (Phi) is 5.31. The molecule has 0 saturated carbocycles. The summed E-state index contributed by atoms with van der Waals surface area (Å²) in [7, 11) is 1.54. The molecule has 0 N–H and O–H groups in total. The van der Waals surface area contributed by atoms with Gasteiger partial charge in [-0.2, -0.15) is 0 Å². The van der Waals surface area contributed by atoms with Crippen LogP contribution in [0.15, 0.2) is 24.3 Å². The van der Waals surface area contributed by atoms with Gasteiger partial charge in [-0.25, -0.2) is 4.79 Å². The highest BCUT2D eigenvalue weighted by molar-refractivity contribution is 5.90. The van der Waals surface area contributed by atoms with Crippen LogP contribution in [0.5, 0.6) is 5.75 Å². The van der Waals surface area contributed by atoms with E-state index in [-0.39, 0.29) is 18.3 Å². The number of carbonyl (C=O) groups is 2. The Hall–Kier alpha value is -1.84. The molecule has 0 aliphatic rings. The normalized spacial score (nSPS) is 11.3. The molecule has 0 saturated heterocycles. The van der Waals surface area contributed by atoms with Crippen LogP contribution in [0.25, 0.3) is 0 Å². The minimum Gasteiger partial charge on any atom is -0.497 e. The van der Waals surface area contributed by atoms with Gasteiger partial charge in [0, 0.05) is 5.92 Å². The summed E-state index contributed by atoms with van der Waals surface area (Å²) in [5.41, 5.74) is -0.264. The summed E-state index contributed by atoms with van der Waals surface area (Å²) in [5.74, 6) is 0.141. The molecule has 4 nitrogen and oxygen atoms in total. The Morgan fingerprint density at radius 2 is 1.90 bits per heavy atom. The van der Waals surface area contributed by atoms with Crippen molar-refractivity contribution in [3.63, 3.8) is 0 Å². The zero-order valence-electron chi connectivity index (χ0n) is 12.7. The third kappa shape index (κ3) is 4.08. The quantitative estimate of drug-likeness (QED) is 0.750. The van der Waals surface area contributed by atoms with E-state index < -0.39 is 11.4 Å². The molecule has 4 heteroatoms. The van der Waals surface area contributed by atoms with E-state index in [2.05, 4.69) is 0 Å². The maximum atomic E-state index is 12.0. The summed E-state index contributed by atoms with van der Waals surface area (Å²) in [6, 6.07) is 6.74. The second kappa shape index (κ2) is 6.55. The van der Waals surface area contributed by atoms with Crippen molar-refractivity contribution in [1.29, 1.82) is 0 Å². The van der Waals surface area contributed by atoms with Crippen LogP contribution in [0.2, 0.25) is 0 Å². The van der Waals surface area contributed by atoms with E-state index in [9.17, 15) is 9.59 Å². The molecule has 1 aromatic rings. The largest absolute Gasteiger partial charge is 0.497 e. The Morgan fingerprint density at radius 3 is 2.45 bits per heavy atom. The Morgan fingerprint density at radius 1 is 1.25 bits per heavy atom. The van der Waals surface area contributed by atoms with Gasteiger partial charge in [0.05, 0.1) is 18.1 Å². The predicted octanol–water partition coefficient (Wildman–Crippen LogP) is 3.10.